The lowest BCUT2D eigenvalue weighted by molar-refractivity contribution is -0.113. The van der Waals surface area contributed by atoms with E-state index in [2.05, 4.69) is 10.3 Å². The van der Waals surface area contributed by atoms with Gasteiger partial charge in [-0.05, 0) is 42.5 Å². The Kier molecular flexibility index (Phi) is 6.39. The van der Waals surface area contributed by atoms with Crippen molar-refractivity contribution < 1.29 is 22.4 Å². The highest BCUT2D eigenvalue weighted by molar-refractivity contribution is 7.99. The van der Waals surface area contributed by atoms with Gasteiger partial charge in [-0.1, -0.05) is 23.4 Å². The third-order valence-corrected chi connectivity index (χ3v) is 5.66. The van der Waals surface area contributed by atoms with Crippen molar-refractivity contribution in [1.82, 2.24) is 9.55 Å². The summed E-state index contributed by atoms with van der Waals surface area (Å²) >= 11 is 6.75. The van der Waals surface area contributed by atoms with Crippen LogP contribution in [0.25, 0.3) is 16.6 Å². The van der Waals surface area contributed by atoms with Crippen molar-refractivity contribution in [3.8, 4) is 5.69 Å². The molecule has 0 bridgehead atoms. The van der Waals surface area contributed by atoms with Gasteiger partial charge >= 0.3 is 0 Å². The summed E-state index contributed by atoms with van der Waals surface area (Å²) in [5, 5.41) is 2.58. The van der Waals surface area contributed by atoms with E-state index in [9.17, 15) is 27.2 Å². The molecule has 1 aromatic heterocycles. The molecule has 0 unspecified atom stereocenters. The molecule has 0 aliphatic heterocycles. The smallest absolute Gasteiger partial charge is 0.266 e. The fraction of sp³-hybridized carbons (Fsp3) is 0.0455. The number of halogens is 5. The summed E-state index contributed by atoms with van der Waals surface area (Å²) in [4.78, 5) is 29.8. The van der Waals surface area contributed by atoms with Gasteiger partial charge in [0.05, 0.1) is 28.0 Å². The van der Waals surface area contributed by atoms with E-state index in [4.69, 9.17) is 11.6 Å². The van der Waals surface area contributed by atoms with E-state index in [-0.39, 0.29) is 38.2 Å². The maximum Gasteiger partial charge on any atom is 0.266 e. The van der Waals surface area contributed by atoms with Crippen LogP contribution in [-0.4, -0.2) is 21.2 Å². The fourth-order valence-electron chi connectivity index (χ4n) is 3.02. The molecule has 0 fully saturated rings. The number of anilines is 1. The predicted molar refractivity (Wildman–Crippen MR) is 118 cm³/mol. The third-order valence-electron chi connectivity index (χ3n) is 4.49. The number of amides is 1. The summed E-state index contributed by atoms with van der Waals surface area (Å²) in [5.74, 6) is -4.63. The second-order valence-corrected chi connectivity index (χ2v) is 8.13. The molecule has 0 saturated carbocycles. The first kappa shape index (κ1) is 22.8. The molecule has 1 heterocycles. The Balaban J connectivity index is 1.72. The Bertz CT molecular complexity index is 1460. The SMILES string of the molecule is O=C(CSc1nc2ccc(Cl)cc2c(=O)n1-c1ccc(F)cc1F)Nc1ccc(F)cc1F. The standard InChI is InChI=1S/C22H12ClF4N3O2S/c23-11-1-4-17-14(7-11)21(32)30(19-6-3-13(25)9-16(19)27)22(29-17)33-10-20(31)28-18-5-2-12(24)8-15(18)26/h1-9H,10H2,(H,28,31). The van der Waals surface area contributed by atoms with E-state index < -0.39 is 34.7 Å². The van der Waals surface area contributed by atoms with E-state index in [1.54, 1.807) is 0 Å². The number of rotatable bonds is 5. The van der Waals surface area contributed by atoms with Gasteiger partial charge in [0.25, 0.3) is 5.56 Å². The molecule has 1 N–H and O–H groups in total. The molecule has 0 saturated heterocycles. The van der Waals surface area contributed by atoms with Crippen molar-refractivity contribution in [1.29, 1.82) is 0 Å². The number of carbonyl (C=O) groups is 1. The molecule has 0 radical (unpaired) electrons. The highest BCUT2D eigenvalue weighted by Crippen LogP contribution is 2.25. The molecular weight excluding hydrogens is 482 g/mol. The second-order valence-electron chi connectivity index (χ2n) is 6.75. The number of fused-ring (bicyclic) bond motifs is 1. The fourth-order valence-corrected chi connectivity index (χ4v) is 3.99. The number of thioether (sulfide) groups is 1. The van der Waals surface area contributed by atoms with Gasteiger partial charge in [-0.2, -0.15) is 0 Å². The van der Waals surface area contributed by atoms with Gasteiger partial charge in [0.15, 0.2) is 5.16 Å². The van der Waals surface area contributed by atoms with E-state index in [1.165, 1.54) is 18.2 Å². The number of hydrogen-bond acceptors (Lipinski definition) is 4. The van der Waals surface area contributed by atoms with E-state index >= 15 is 0 Å². The maximum atomic E-state index is 14.5. The maximum absolute atomic E-state index is 14.5. The Hall–Kier alpha value is -3.37. The van der Waals surface area contributed by atoms with Gasteiger partial charge in [0.2, 0.25) is 5.91 Å². The van der Waals surface area contributed by atoms with Crippen molar-refractivity contribution in [2.45, 2.75) is 5.16 Å². The van der Waals surface area contributed by atoms with Crippen molar-refractivity contribution in [3.63, 3.8) is 0 Å². The molecule has 33 heavy (non-hydrogen) atoms. The predicted octanol–water partition coefficient (Wildman–Crippen LogP) is 5.33. The van der Waals surface area contributed by atoms with Crippen molar-refractivity contribution >= 4 is 45.9 Å². The molecule has 4 aromatic rings. The Morgan fingerprint density at radius 2 is 1.67 bits per heavy atom. The molecule has 0 atom stereocenters. The molecule has 1 amide bonds. The summed E-state index contributed by atoms with van der Waals surface area (Å²) < 4.78 is 55.7. The third kappa shape index (κ3) is 4.86. The molecule has 168 valence electrons. The summed E-state index contributed by atoms with van der Waals surface area (Å²) in [5.41, 5.74) is -0.940. The van der Waals surface area contributed by atoms with Crippen LogP contribution in [0.4, 0.5) is 23.2 Å². The Labute approximate surface area is 193 Å². The van der Waals surface area contributed by atoms with Gasteiger partial charge in [-0.15, -0.1) is 0 Å². The number of aromatic nitrogens is 2. The van der Waals surface area contributed by atoms with E-state index in [0.29, 0.717) is 12.1 Å². The Morgan fingerprint density at radius 3 is 2.36 bits per heavy atom. The van der Waals surface area contributed by atoms with Gasteiger partial charge in [-0.3, -0.25) is 14.2 Å². The first-order valence-corrected chi connectivity index (χ1v) is 10.6. The second kappa shape index (κ2) is 9.24. The van der Waals surface area contributed by atoms with Crippen LogP contribution in [0.15, 0.2) is 64.5 Å². The van der Waals surface area contributed by atoms with Crippen molar-refractivity contribution in [2.75, 3.05) is 11.1 Å². The summed E-state index contributed by atoms with van der Waals surface area (Å²) in [6.07, 6.45) is 0. The van der Waals surface area contributed by atoms with Gasteiger partial charge < -0.3 is 5.32 Å². The molecule has 0 aliphatic carbocycles. The van der Waals surface area contributed by atoms with Crippen LogP contribution >= 0.6 is 23.4 Å². The molecular formula is C22H12ClF4N3O2S. The highest BCUT2D eigenvalue weighted by Gasteiger charge is 2.18. The largest absolute Gasteiger partial charge is 0.323 e. The van der Waals surface area contributed by atoms with Crippen LogP contribution in [0, 0.1) is 23.3 Å². The summed E-state index contributed by atoms with van der Waals surface area (Å²) in [6.45, 7) is 0. The minimum Gasteiger partial charge on any atom is -0.323 e. The molecule has 0 spiro atoms. The number of carbonyl (C=O) groups excluding carboxylic acids is 1. The Morgan fingerprint density at radius 1 is 0.970 bits per heavy atom. The van der Waals surface area contributed by atoms with Gasteiger partial charge in [-0.25, -0.2) is 22.5 Å². The van der Waals surface area contributed by atoms with Crippen molar-refractivity contribution in [3.05, 3.63) is 93.2 Å². The quantitative estimate of drug-likeness (QED) is 0.232. The molecule has 5 nitrogen and oxygen atoms in total. The van der Waals surface area contributed by atoms with Gasteiger partial charge in [0.1, 0.15) is 23.3 Å². The lowest BCUT2D eigenvalue weighted by Gasteiger charge is -2.14. The van der Waals surface area contributed by atoms with Crippen LogP contribution in [0.1, 0.15) is 0 Å². The summed E-state index contributed by atoms with van der Waals surface area (Å²) in [7, 11) is 0. The zero-order valence-electron chi connectivity index (χ0n) is 16.4. The molecule has 0 aliphatic rings. The van der Waals surface area contributed by atoms with Gasteiger partial charge in [0, 0.05) is 17.2 Å². The van der Waals surface area contributed by atoms with Crippen LogP contribution in [0.5, 0.6) is 0 Å². The van der Waals surface area contributed by atoms with Crippen LogP contribution in [0.3, 0.4) is 0 Å². The molecule has 3 aromatic carbocycles. The first-order valence-electron chi connectivity index (χ1n) is 9.28. The van der Waals surface area contributed by atoms with E-state index in [0.717, 1.165) is 40.6 Å². The highest BCUT2D eigenvalue weighted by atomic mass is 35.5. The molecule has 11 heteroatoms. The molecule has 4 rings (SSSR count). The minimum absolute atomic E-state index is 0.0601. The van der Waals surface area contributed by atoms with E-state index in [1.807, 2.05) is 0 Å². The lowest BCUT2D eigenvalue weighted by Crippen LogP contribution is -2.24. The number of benzene rings is 3. The number of nitrogens with one attached hydrogen (secondary N) is 1. The normalized spacial score (nSPS) is 11.1. The average Bonchev–Trinajstić information content (AvgIpc) is 2.76. The topological polar surface area (TPSA) is 64.0 Å². The minimum atomic E-state index is -1.01. The average molecular weight is 494 g/mol. The van der Waals surface area contributed by atoms with Crippen LogP contribution < -0.4 is 10.9 Å². The summed E-state index contributed by atoms with van der Waals surface area (Å²) in [6, 6.07) is 9.69. The monoisotopic (exact) mass is 493 g/mol. The lowest BCUT2D eigenvalue weighted by atomic mass is 10.2. The zero-order chi connectivity index (χ0) is 23.7. The van der Waals surface area contributed by atoms with Crippen LogP contribution in [-0.2, 0) is 4.79 Å². The number of nitrogens with zero attached hydrogens (tertiary/aromatic N) is 2. The number of hydrogen-bond donors (Lipinski definition) is 1. The van der Waals surface area contributed by atoms with Crippen LogP contribution in [0.2, 0.25) is 5.02 Å². The first-order chi connectivity index (χ1) is 15.7. The zero-order valence-corrected chi connectivity index (χ0v) is 18.0. The van der Waals surface area contributed by atoms with Crippen molar-refractivity contribution in [2.24, 2.45) is 0 Å².